The minimum Gasteiger partial charge on any atom is -0.352 e. The van der Waals surface area contributed by atoms with Crippen LogP contribution >= 0.6 is 11.6 Å². The summed E-state index contributed by atoms with van der Waals surface area (Å²) in [5.74, 6) is 5.44. The number of hydrogen-bond acceptors (Lipinski definition) is 2. The maximum Gasteiger partial charge on any atom is 0.251 e. The van der Waals surface area contributed by atoms with E-state index in [0.29, 0.717) is 10.6 Å². The molecule has 0 spiro atoms. The molecular formula is C19H17ClN2O2. The third-order valence-corrected chi connectivity index (χ3v) is 3.38. The van der Waals surface area contributed by atoms with E-state index in [4.69, 9.17) is 11.6 Å². The second-order valence-electron chi connectivity index (χ2n) is 4.96. The molecule has 0 aromatic heterocycles. The lowest BCUT2D eigenvalue weighted by molar-refractivity contribution is -0.120. The predicted molar refractivity (Wildman–Crippen MR) is 94.7 cm³/mol. The molecule has 2 aromatic carbocycles. The first kappa shape index (κ1) is 17.6. The van der Waals surface area contributed by atoms with Gasteiger partial charge in [-0.15, -0.1) is 0 Å². The van der Waals surface area contributed by atoms with Crippen molar-refractivity contribution in [3.8, 4) is 11.8 Å². The Morgan fingerprint density at radius 2 is 1.67 bits per heavy atom. The molecule has 0 aliphatic rings. The molecule has 2 rings (SSSR count). The Kier molecular flexibility index (Phi) is 6.88. The highest BCUT2D eigenvalue weighted by molar-refractivity contribution is 6.30. The molecule has 4 nitrogen and oxygen atoms in total. The second-order valence-corrected chi connectivity index (χ2v) is 5.39. The highest BCUT2D eigenvalue weighted by atomic mass is 35.5. The van der Waals surface area contributed by atoms with E-state index < -0.39 is 0 Å². The normalized spacial score (nSPS) is 9.54. The van der Waals surface area contributed by atoms with Crippen LogP contribution in [0.1, 0.15) is 22.3 Å². The Morgan fingerprint density at radius 3 is 2.38 bits per heavy atom. The fourth-order valence-corrected chi connectivity index (χ4v) is 2.02. The van der Waals surface area contributed by atoms with Crippen LogP contribution in [0.15, 0.2) is 54.6 Å². The molecule has 0 atom stereocenters. The van der Waals surface area contributed by atoms with Gasteiger partial charge in [-0.2, -0.15) is 0 Å². The Balaban J connectivity index is 1.65. The minimum atomic E-state index is -0.233. The van der Waals surface area contributed by atoms with Gasteiger partial charge in [0.1, 0.15) is 0 Å². The molecule has 0 heterocycles. The van der Waals surface area contributed by atoms with Crippen LogP contribution in [0.3, 0.4) is 0 Å². The van der Waals surface area contributed by atoms with Crippen molar-refractivity contribution in [3.63, 3.8) is 0 Å². The van der Waals surface area contributed by atoms with Gasteiger partial charge >= 0.3 is 0 Å². The summed E-state index contributed by atoms with van der Waals surface area (Å²) in [7, 11) is 0. The van der Waals surface area contributed by atoms with Crippen molar-refractivity contribution in [2.75, 3.05) is 13.1 Å². The molecule has 0 unspecified atom stereocenters. The average molecular weight is 341 g/mol. The van der Waals surface area contributed by atoms with E-state index in [1.54, 1.807) is 24.3 Å². The quantitative estimate of drug-likeness (QED) is 0.822. The van der Waals surface area contributed by atoms with Crippen molar-refractivity contribution in [2.45, 2.75) is 6.42 Å². The zero-order chi connectivity index (χ0) is 17.2. The van der Waals surface area contributed by atoms with Crippen molar-refractivity contribution in [3.05, 3.63) is 70.7 Å². The van der Waals surface area contributed by atoms with E-state index in [-0.39, 0.29) is 31.3 Å². The third-order valence-electron chi connectivity index (χ3n) is 3.12. The molecule has 0 saturated heterocycles. The molecule has 0 aliphatic carbocycles. The average Bonchev–Trinajstić information content (AvgIpc) is 2.60. The Morgan fingerprint density at radius 1 is 0.958 bits per heavy atom. The molecular weight excluding hydrogens is 324 g/mol. The topological polar surface area (TPSA) is 58.2 Å². The first-order chi connectivity index (χ1) is 11.6. The predicted octanol–water partition coefficient (Wildman–Crippen LogP) is 2.63. The van der Waals surface area contributed by atoms with Gasteiger partial charge in [0.05, 0.1) is 6.54 Å². The van der Waals surface area contributed by atoms with Gasteiger partial charge in [-0.05, 0) is 36.4 Å². The maximum absolute atomic E-state index is 11.8. The van der Waals surface area contributed by atoms with Crippen LogP contribution in [-0.4, -0.2) is 24.9 Å². The summed E-state index contributed by atoms with van der Waals surface area (Å²) < 4.78 is 0. The van der Waals surface area contributed by atoms with E-state index >= 15 is 0 Å². The van der Waals surface area contributed by atoms with E-state index in [1.807, 2.05) is 30.3 Å². The number of halogens is 1. The van der Waals surface area contributed by atoms with Crippen molar-refractivity contribution in [1.82, 2.24) is 10.6 Å². The molecule has 24 heavy (non-hydrogen) atoms. The summed E-state index contributed by atoms with van der Waals surface area (Å²) in [5, 5.41) is 5.95. The lowest BCUT2D eigenvalue weighted by Gasteiger charge is -2.05. The number of amides is 2. The van der Waals surface area contributed by atoms with Crippen LogP contribution in [0.5, 0.6) is 0 Å². The summed E-state index contributed by atoms with van der Waals surface area (Å²) in [4.78, 5) is 23.5. The minimum absolute atomic E-state index is 0.159. The first-order valence-electron chi connectivity index (χ1n) is 7.49. The standard InChI is InChI=1S/C19H17ClN2O2/c20-17-10-8-16(9-11-17)19(24)22-14-12-18(23)21-13-4-7-15-5-2-1-3-6-15/h1-3,5-6,8-11H,12-14H2,(H,21,23)(H,22,24). The molecule has 0 aliphatic heterocycles. The molecule has 0 bridgehead atoms. The van der Waals surface area contributed by atoms with Gasteiger partial charge in [0.25, 0.3) is 5.91 Å². The molecule has 122 valence electrons. The number of benzene rings is 2. The van der Waals surface area contributed by atoms with E-state index in [0.717, 1.165) is 5.56 Å². The summed E-state index contributed by atoms with van der Waals surface area (Å²) in [6.45, 7) is 0.540. The number of rotatable bonds is 5. The fourth-order valence-electron chi connectivity index (χ4n) is 1.89. The Labute approximate surface area is 146 Å². The van der Waals surface area contributed by atoms with Crippen molar-refractivity contribution < 1.29 is 9.59 Å². The largest absolute Gasteiger partial charge is 0.352 e. The number of hydrogen-bond donors (Lipinski definition) is 2. The van der Waals surface area contributed by atoms with Gasteiger partial charge in [-0.3, -0.25) is 9.59 Å². The van der Waals surface area contributed by atoms with Gasteiger partial charge in [0.15, 0.2) is 0 Å². The van der Waals surface area contributed by atoms with E-state index in [1.165, 1.54) is 0 Å². The van der Waals surface area contributed by atoms with Crippen molar-refractivity contribution in [2.24, 2.45) is 0 Å². The Bertz CT molecular complexity index is 746. The third kappa shape index (κ3) is 6.15. The van der Waals surface area contributed by atoms with Gasteiger partial charge in [0, 0.05) is 29.1 Å². The van der Waals surface area contributed by atoms with Crippen molar-refractivity contribution in [1.29, 1.82) is 0 Å². The van der Waals surface area contributed by atoms with Gasteiger partial charge in [-0.1, -0.05) is 41.6 Å². The summed E-state index contributed by atoms with van der Waals surface area (Å²) in [6.07, 6.45) is 0.201. The molecule has 0 radical (unpaired) electrons. The van der Waals surface area contributed by atoms with Crippen LogP contribution in [0.4, 0.5) is 0 Å². The van der Waals surface area contributed by atoms with Crippen LogP contribution in [0, 0.1) is 11.8 Å². The maximum atomic E-state index is 11.8. The summed E-state index contributed by atoms with van der Waals surface area (Å²) in [5.41, 5.74) is 1.41. The Hall–Kier alpha value is -2.77. The first-order valence-corrected chi connectivity index (χ1v) is 7.87. The van der Waals surface area contributed by atoms with Crippen molar-refractivity contribution >= 4 is 23.4 Å². The zero-order valence-corrected chi connectivity index (χ0v) is 13.8. The van der Waals surface area contributed by atoms with E-state index in [2.05, 4.69) is 22.5 Å². The monoisotopic (exact) mass is 340 g/mol. The van der Waals surface area contributed by atoms with Gasteiger partial charge in [-0.25, -0.2) is 0 Å². The molecule has 5 heteroatoms. The second kappa shape index (κ2) is 9.39. The number of nitrogens with one attached hydrogen (secondary N) is 2. The fraction of sp³-hybridized carbons (Fsp3) is 0.158. The molecule has 2 amide bonds. The lowest BCUT2D eigenvalue weighted by atomic mass is 10.2. The van der Waals surface area contributed by atoms with Crippen LogP contribution < -0.4 is 10.6 Å². The molecule has 2 aromatic rings. The number of carbonyl (C=O) groups is 2. The molecule has 0 saturated carbocycles. The number of carbonyl (C=O) groups excluding carboxylic acids is 2. The van der Waals surface area contributed by atoms with Gasteiger partial charge < -0.3 is 10.6 Å². The zero-order valence-electron chi connectivity index (χ0n) is 13.0. The summed E-state index contributed by atoms with van der Waals surface area (Å²) in [6, 6.07) is 16.1. The van der Waals surface area contributed by atoms with Crippen LogP contribution in [0.2, 0.25) is 5.02 Å². The lowest BCUT2D eigenvalue weighted by Crippen LogP contribution is -2.30. The van der Waals surface area contributed by atoms with E-state index in [9.17, 15) is 9.59 Å². The van der Waals surface area contributed by atoms with Crippen LogP contribution in [-0.2, 0) is 4.79 Å². The molecule has 0 fully saturated rings. The molecule has 2 N–H and O–H groups in total. The highest BCUT2D eigenvalue weighted by Crippen LogP contribution is 2.09. The highest BCUT2D eigenvalue weighted by Gasteiger charge is 2.06. The summed E-state index contributed by atoms with van der Waals surface area (Å²) >= 11 is 5.77. The van der Waals surface area contributed by atoms with Gasteiger partial charge in [0.2, 0.25) is 5.91 Å². The SMILES string of the molecule is O=C(CCNC(=O)c1ccc(Cl)cc1)NCC#Cc1ccccc1. The van der Waals surface area contributed by atoms with Crippen LogP contribution in [0.25, 0.3) is 0 Å². The smallest absolute Gasteiger partial charge is 0.251 e.